The first kappa shape index (κ1) is 14.2. The normalized spacial score (nSPS) is 10.3. The van der Waals surface area contributed by atoms with Gasteiger partial charge in [-0.1, -0.05) is 53.5 Å². The highest BCUT2D eigenvalue weighted by atomic mass is 35.5. The van der Waals surface area contributed by atoms with E-state index in [2.05, 4.69) is 0 Å². The van der Waals surface area contributed by atoms with E-state index < -0.39 is 7.12 Å². The van der Waals surface area contributed by atoms with Crippen LogP contribution >= 0.6 is 23.2 Å². The summed E-state index contributed by atoms with van der Waals surface area (Å²) in [6.45, 7) is 0.336. The lowest BCUT2D eigenvalue weighted by atomic mass is 9.80. The zero-order chi connectivity index (χ0) is 13.8. The van der Waals surface area contributed by atoms with Crippen LogP contribution in [0.4, 0.5) is 0 Å². The van der Waals surface area contributed by atoms with Crippen LogP contribution in [0.25, 0.3) is 0 Å². The lowest BCUT2D eigenvalue weighted by molar-refractivity contribution is 0.306. The van der Waals surface area contributed by atoms with Crippen LogP contribution in [0, 0.1) is 0 Å². The highest BCUT2D eigenvalue weighted by Gasteiger charge is 2.18. The van der Waals surface area contributed by atoms with Gasteiger partial charge >= 0.3 is 7.12 Å². The van der Waals surface area contributed by atoms with Gasteiger partial charge in [0.15, 0.2) is 0 Å². The van der Waals surface area contributed by atoms with Crippen LogP contribution in [-0.2, 0) is 6.61 Å². The highest BCUT2D eigenvalue weighted by Crippen LogP contribution is 2.27. The Bertz CT molecular complexity index is 561. The van der Waals surface area contributed by atoms with Gasteiger partial charge in [-0.05, 0) is 17.7 Å². The molecule has 0 spiro atoms. The Morgan fingerprint density at radius 3 is 2.32 bits per heavy atom. The lowest BCUT2D eigenvalue weighted by Crippen LogP contribution is -2.30. The van der Waals surface area contributed by atoms with Crippen molar-refractivity contribution >= 4 is 35.8 Å². The zero-order valence-corrected chi connectivity index (χ0v) is 11.4. The number of benzene rings is 2. The summed E-state index contributed by atoms with van der Waals surface area (Å²) in [6.07, 6.45) is 0. The number of ether oxygens (including phenoxy) is 1. The lowest BCUT2D eigenvalue weighted by Gasteiger charge is -2.11. The standard InChI is InChI=1S/C13H11BCl2O3/c15-11-7-12(16)13(6-10(11)14(17)18)19-8-9-4-2-1-3-5-9/h1-7,17-18H,8H2. The van der Waals surface area contributed by atoms with Gasteiger partial charge in [-0.3, -0.25) is 0 Å². The van der Waals surface area contributed by atoms with Crippen LogP contribution in [0.15, 0.2) is 42.5 Å². The SMILES string of the molecule is OB(O)c1cc(OCc2ccccc2)c(Cl)cc1Cl. The van der Waals surface area contributed by atoms with Crippen LogP contribution in [0.1, 0.15) is 5.56 Å². The van der Waals surface area contributed by atoms with E-state index in [1.165, 1.54) is 12.1 Å². The van der Waals surface area contributed by atoms with E-state index in [4.69, 9.17) is 27.9 Å². The molecule has 3 nitrogen and oxygen atoms in total. The molecule has 0 aliphatic rings. The van der Waals surface area contributed by atoms with E-state index in [9.17, 15) is 10.0 Å². The van der Waals surface area contributed by atoms with Gasteiger partial charge in [0.05, 0.1) is 5.02 Å². The van der Waals surface area contributed by atoms with Crippen molar-refractivity contribution in [3.05, 3.63) is 58.1 Å². The summed E-state index contributed by atoms with van der Waals surface area (Å²) in [5, 5.41) is 18.9. The van der Waals surface area contributed by atoms with Crippen LogP contribution in [0.5, 0.6) is 5.75 Å². The molecule has 0 unspecified atom stereocenters. The van der Waals surface area contributed by atoms with Crippen LogP contribution in [0.3, 0.4) is 0 Å². The first-order chi connectivity index (χ1) is 9.08. The molecule has 0 fully saturated rings. The Morgan fingerprint density at radius 2 is 1.68 bits per heavy atom. The molecule has 0 amide bonds. The van der Waals surface area contributed by atoms with Gasteiger partial charge in [-0.15, -0.1) is 0 Å². The van der Waals surface area contributed by atoms with Crippen molar-refractivity contribution in [2.24, 2.45) is 0 Å². The third-order valence-electron chi connectivity index (χ3n) is 2.57. The van der Waals surface area contributed by atoms with Crippen molar-refractivity contribution in [3.8, 4) is 5.75 Å². The number of rotatable bonds is 4. The Kier molecular flexibility index (Phi) is 4.72. The minimum absolute atomic E-state index is 0.161. The first-order valence-corrected chi connectivity index (χ1v) is 6.35. The average molecular weight is 297 g/mol. The Morgan fingerprint density at radius 1 is 1.00 bits per heavy atom. The van der Waals surface area contributed by atoms with Crippen molar-refractivity contribution < 1.29 is 14.8 Å². The van der Waals surface area contributed by atoms with E-state index in [-0.39, 0.29) is 10.5 Å². The monoisotopic (exact) mass is 296 g/mol. The van der Waals surface area contributed by atoms with Crippen LogP contribution in [-0.4, -0.2) is 17.2 Å². The minimum Gasteiger partial charge on any atom is -0.487 e. The molecule has 0 saturated heterocycles. The van der Waals surface area contributed by atoms with Gasteiger partial charge in [0, 0.05) is 10.5 Å². The molecular weight excluding hydrogens is 286 g/mol. The maximum atomic E-state index is 9.18. The molecule has 98 valence electrons. The highest BCUT2D eigenvalue weighted by molar-refractivity contribution is 6.63. The van der Waals surface area contributed by atoms with Gasteiger partial charge in [0.2, 0.25) is 0 Å². The fourth-order valence-corrected chi connectivity index (χ4v) is 2.12. The molecule has 0 heterocycles. The number of hydrogen-bond donors (Lipinski definition) is 2. The number of halogens is 2. The molecule has 0 aliphatic carbocycles. The van der Waals surface area contributed by atoms with E-state index in [1.807, 2.05) is 30.3 Å². The molecule has 2 N–H and O–H groups in total. The smallest absolute Gasteiger partial charge is 0.487 e. The molecule has 0 bridgehead atoms. The fraction of sp³-hybridized carbons (Fsp3) is 0.0769. The van der Waals surface area contributed by atoms with E-state index in [0.717, 1.165) is 5.56 Å². The minimum atomic E-state index is -1.66. The third kappa shape index (κ3) is 3.64. The van der Waals surface area contributed by atoms with Crippen LogP contribution < -0.4 is 10.2 Å². The topological polar surface area (TPSA) is 49.7 Å². The van der Waals surface area contributed by atoms with Gasteiger partial charge in [-0.25, -0.2) is 0 Å². The predicted molar refractivity (Wildman–Crippen MR) is 77.1 cm³/mol. The van der Waals surface area contributed by atoms with Gasteiger partial charge in [-0.2, -0.15) is 0 Å². The molecule has 2 aromatic carbocycles. The summed E-state index contributed by atoms with van der Waals surface area (Å²) in [6, 6.07) is 12.4. The number of hydrogen-bond acceptors (Lipinski definition) is 3. The summed E-state index contributed by atoms with van der Waals surface area (Å²) in [7, 11) is -1.66. The quantitative estimate of drug-likeness (QED) is 0.851. The summed E-state index contributed by atoms with van der Waals surface area (Å²) in [5.41, 5.74) is 1.15. The van der Waals surface area contributed by atoms with Crippen LogP contribution in [0.2, 0.25) is 10.0 Å². The second kappa shape index (κ2) is 6.30. The molecule has 0 saturated carbocycles. The first-order valence-electron chi connectivity index (χ1n) is 5.59. The summed E-state index contributed by atoms with van der Waals surface area (Å²) >= 11 is 11.9. The molecule has 19 heavy (non-hydrogen) atoms. The second-order valence-electron chi connectivity index (χ2n) is 3.95. The second-order valence-corrected chi connectivity index (χ2v) is 4.77. The fourth-order valence-electron chi connectivity index (χ4n) is 1.59. The predicted octanol–water partition coefficient (Wildman–Crippen LogP) is 2.25. The van der Waals surface area contributed by atoms with Gasteiger partial charge in [0.25, 0.3) is 0 Å². The van der Waals surface area contributed by atoms with Gasteiger partial charge in [0.1, 0.15) is 12.4 Å². The molecule has 0 radical (unpaired) electrons. The molecule has 0 aliphatic heterocycles. The maximum absolute atomic E-state index is 9.18. The molecule has 0 atom stereocenters. The Labute approximate surface area is 121 Å². The molecular formula is C13H11BCl2O3. The zero-order valence-electron chi connectivity index (χ0n) is 9.88. The largest absolute Gasteiger partial charge is 0.490 e. The van der Waals surface area contributed by atoms with Crippen molar-refractivity contribution in [3.63, 3.8) is 0 Å². The molecule has 2 aromatic rings. The average Bonchev–Trinajstić information content (AvgIpc) is 2.38. The summed E-state index contributed by atoms with van der Waals surface area (Å²) in [5.74, 6) is 0.359. The molecule has 6 heteroatoms. The molecule has 2 rings (SSSR count). The van der Waals surface area contributed by atoms with E-state index in [1.54, 1.807) is 0 Å². The van der Waals surface area contributed by atoms with Crippen molar-refractivity contribution in [1.29, 1.82) is 0 Å². The summed E-state index contributed by atoms with van der Waals surface area (Å²) in [4.78, 5) is 0. The summed E-state index contributed by atoms with van der Waals surface area (Å²) < 4.78 is 5.56. The van der Waals surface area contributed by atoms with E-state index in [0.29, 0.717) is 17.4 Å². The van der Waals surface area contributed by atoms with Gasteiger partial charge < -0.3 is 14.8 Å². The van der Waals surface area contributed by atoms with Crippen molar-refractivity contribution in [2.45, 2.75) is 6.61 Å². The Balaban J connectivity index is 2.18. The Hall–Kier alpha value is -1.20. The maximum Gasteiger partial charge on any atom is 0.490 e. The van der Waals surface area contributed by atoms with Crippen molar-refractivity contribution in [1.82, 2.24) is 0 Å². The van der Waals surface area contributed by atoms with Crippen molar-refractivity contribution in [2.75, 3.05) is 0 Å². The van der Waals surface area contributed by atoms with E-state index >= 15 is 0 Å². The third-order valence-corrected chi connectivity index (χ3v) is 3.19. The molecule has 0 aromatic heterocycles.